The van der Waals surface area contributed by atoms with Gasteiger partial charge in [-0.1, -0.05) is 12.1 Å². The molecule has 0 atom stereocenters. The molecule has 0 aliphatic carbocycles. The number of imidazole rings is 1. The van der Waals surface area contributed by atoms with Gasteiger partial charge in [-0.05, 0) is 31.5 Å². The van der Waals surface area contributed by atoms with Gasteiger partial charge in [0.1, 0.15) is 17.0 Å². The first kappa shape index (κ1) is 17.4. The number of ether oxygens (including phenoxy) is 1. The van der Waals surface area contributed by atoms with Crippen LogP contribution in [-0.2, 0) is 6.42 Å². The molecule has 7 nitrogen and oxygen atoms in total. The van der Waals surface area contributed by atoms with Crippen LogP contribution >= 0.6 is 11.3 Å². The number of thiophene rings is 1. The highest BCUT2D eigenvalue weighted by atomic mass is 32.1. The van der Waals surface area contributed by atoms with E-state index in [0.717, 1.165) is 32.6 Å². The van der Waals surface area contributed by atoms with Crippen LogP contribution in [0.15, 0.2) is 30.6 Å². The molecule has 8 heteroatoms. The number of nitrogens with zero attached hydrogens (tertiary/aromatic N) is 3. The highest BCUT2D eigenvalue weighted by Gasteiger charge is 2.19. The highest BCUT2D eigenvalue weighted by Crippen LogP contribution is 2.34. The number of aryl methyl sites for hydroxylation is 1. The number of para-hydroxylation sites is 2. The van der Waals surface area contributed by atoms with E-state index in [2.05, 4.69) is 25.3 Å². The predicted octanol–water partition coefficient (Wildman–Crippen LogP) is 3.25. The molecular formula is C19H19N5O2S. The lowest BCUT2D eigenvalue weighted by Gasteiger charge is -2.04. The Labute approximate surface area is 159 Å². The highest BCUT2D eigenvalue weighted by molar-refractivity contribution is 7.20. The number of aromatic amines is 1. The Morgan fingerprint density at radius 1 is 1.30 bits per heavy atom. The molecule has 1 amide bonds. The lowest BCUT2D eigenvalue weighted by Crippen LogP contribution is -2.25. The largest absolute Gasteiger partial charge is 0.477 e. The van der Waals surface area contributed by atoms with Gasteiger partial charge in [0, 0.05) is 13.0 Å². The molecule has 0 fully saturated rings. The van der Waals surface area contributed by atoms with Gasteiger partial charge < -0.3 is 15.0 Å². The van der Waals surface area contributed by atoms with Crippen molar-refractivity contribution in [3.63, 3.8) is 0 Å². The quantitative estimate of drug-likeness (QED) is 0.535. The van der Waals surface area contributed by atoms with Crippen molar-refractivity contribution in [2.45, 2.75) is 20.3 Å². The summed E-state index contributed by atoms with van der Waals surface area (Å²) in [5.41, 5.74) is 2.78. The fourth-order valence-electron chi connectivity index (χ4n) is 3.00. The van der Waals surface area contributed by atoms with E-state index in [1.807, 2.05) is 38.1 Å². The molecule has 27 heavy (non-hydrogen) atoms. The second kappa shape index (κ2) is 7.32. The minimum absolute atomic E-state index is 0.117. The summed E-state index contributed by atoms with van der Waals surface area (Å²) in [6.45, 7) is 4.82. The van der Waals surface area contributed by atoms with Gasteiger partial charge in [0.05, 0.1) is 27.9 Å². The Bertz CT molecular complexity index is 1080. The van der Waals surface area contributed by atoms with Crippen LogP contribution in [0.25, 0.3) is 21.3 Å². The monoisotopic (exact) mass is 381 g/mol. The van der Waals surface area contributed by atoms with Crippen molar-refractivity contribution in [1.82, 2.24) is 25.3 Å². The van der Waals surface area contributed by atoms with E-state index in [1.54, 1.807) is 0 Å². The molecule has 0 unspecified atom stereocenters. The standard InChI is InChI=1S/C19H19N5O2S/c1-3-26-18-15-11(2)16(27-19(15)22-10-21-18)17(25)20-9-8-14-23-12-6-4-5-7-13(12)24-14/h4-7,10H,3,8-9H2,1-2H3,(H,20,25)(H,23,24). The Balaban J connectivity index is 1.48. The summed E-state index contributed by atoms with van der Waals surface area (Å²) in [5, 5.41) is 3.78. The van der Waals surface area contributed by atoms with Gasteiger partial charge in [-0.25, -0.2) is 15.0 Å². The molecular weight excluding hydrogens is 362 g/mol. The van der Waals surface area contributed by atoms with Crippen molar-refractivity contribution < 1.29 is 9.53 Å². The Morgan fingerprint density at radius 3 is 2.96 bits per heavy atom. The van der Waals surface area contributed by atoms with Gasteiger partial charge in [-0.3, -0.25) is 4.79 Å². The maximum Gasteiger partial charge on any atom is 0.261 e. The van der Waals surface area contributed by atoms with Crippen LogP contribution in [-0.4, -0.2) is 39.0 Å². The average Bonchev–Trinajstić information content (AvgIpc) is 3.23. The molecule has 0 saturated heterocycles. The molecule has 138 valence electrons. The lowest BCUT2D eigenvalue weighted by molar-refractivity contribution is 0.0957. The van der Waals surface area contributed by atoms with Gasteiger partial charge in [0.25, 0.3) is 5.91 Å². The van der Waals surface area contributed by atoms with E-state index in [-0.39, 0.29) is 5.91 Å². The van der Waals surface area contributed by atoms with Crippen LogP contribution in [0.5, 0.6) is 5.88 Å². The molecule has 4 aromatic rings. The van der Waals surface area contributed by atoms with Crippen molar-refractivity contribution in [3.05, 3.63) is 46.9 Å². The van der Waals surface area contributed by atoms with E-state index in [4.69, 9.17) is 4.74 Å². The van der Waals surface area contributed by atoms with Gasteiger partial charge in [-0.2, -0.15) is 0 Å². The van der Waals surface area contributed by atoms with Crippen molar-refractivity contribution in [2.24, 2.45) is 0 Å². The Kier molecular flexibility index (Phi) is 4.72. The molecule has 0 bridgehead atoms. The molecule has 0 aliphatic rings. The third-order valence-corrected chi connectivity index (χ3v) is 5.46. The van der Waals surface area contributed by atoms with Crippen LogP contribution in [0, 0.1) is 6.92 Å². The van der Waals surface area contributed by atoms with E-state index in [0.29, 0.717) is 30.3 Å². The number of benzene rings is 1. The van der Waals surface area contributed by atoms with Crippen molar-refractivity contribution in [2.75, 3.05) is 13.2 Å². The van der Waals surface area contributed by atoms with Gasteiger partial charge in [0.2, 0.25) is 5.88 Å². The number of carbonyl (C=O) groups excluding carboxylic acids is 1. The molecule has 4 rings (SSSR count). The molecule has 3 heterocycles. The van der Waals surface area contributed by atoms with E-state index in [1.165, 1.54) is 17.7 Å². The summed E-state index contributed by atoms with van der Waals surface area (Å²) in [6, 6.07) is 7.88. The zero-order chi connectivity index (χ0) is 18.8. The second-order valence-electron chi connectivity index (χ2n) is 6.05. The zero-order valence-electron chi connectivity index (χ0n) is 15.1. The minimum Gasteiger partial charge on any atom is -0.477 e. The second-order valence-corrected chi connectivity index (χ2v) is 7.05. The maximum atomic E-state index is 12.6. The number of amides is 1. The molecule has 0 aliphatic heterocycles. The number of aromatic nitrogens is 4. The topological polar surface area (TPSA) is 92.8 Å². The lowest BCUT2D eigenvalue weighted by atomic mass is 10.2. The van der Waals surface area contributed by atoms with E-state index >= 15 is 0 Å². The van der Waals surface area contributed by atoms with E-state index in [9.17, 15) is 4.79 Å². The molecule has 3 aromatic heterocycles. The van der Waals surface area contributed by atoms with Crippen LogP contribution in [0.4, 0.5) is 0 Å². The normalized spacial score (nSPS) is 11.2. The Hall–Kier alpha value is -3.00. The van der Waals surface area contributed by atoms with Crippen LogP contribution in [0.1, 0.15) is 28.0 Å². The van der Waals surface area contributed by atoms with Gasteiger partial charge in [-0.15, -0.1) is 11.3 Å². The molecule has 0 saturated carbocycles. The van der Waals surface area contributed by atoms with E-state index < -0.39 is 0 Å². The maximum absolute atomic E-state index is 12.6. The number of nitrogens with one attached hydrogen (secondary N) is 2. The smallest absolute Gasteiger partial charge is 0.261 e. The summed E-state index contributed by atoms with van der Waals surface area (Å²) in [4.78, 5) is 30.3. The van der Waals surface area contributed by atoms with Crippen LogP contribution in [0.2, 0.25) is 0 Å². The third-order valence-electron chi connectivity index (χ3n) is 4.27. The molecule has 2 N–H and O–H groups in total. The summed E-state index contributed by atoms with van der Waals surface area (Å²) in [6.07, 6.45) is 2.10. The molecule has 0 spiro atoms. The number of fused-ring (bicyclic) bond motifs is 2. The van der Waals surface area contributed by atoms with Crippen LogP contribution in [0.3, 0.4) is 0 Å². The summed E-state index contributed by atoms with van der Waals surface area (Å²) in [5.74, 6) is 1.26. The fraction of sp³-hybridized carbons (Fsp3) is 0.263. The zero-order valence-corrected chi connectivity index (χ0v) is 15.9. The Morgan fingerprint density at radius 2 is 2.15 bits per heavy atom. The van der Waals surface area contributed by atoms with Gasteiger partial charge >= 0.3 is 0 Å². The summed E-state index contributed by atoms with van der Waals surface area (Å²) >= 11 is 1.36. The van der Waals surface area contributed by atoms with Crippen molar-refractivity contribution in [3.8, 4) is 5.88 Å². The first-order valence-electron chi connectivity index (χ1n) is 8.76. The number of hydrogen-bond donors (Lipinski definition) is 2. The number of hydrogen-bond acceptors (Lipinski definition) is 6. The van der Waals surface area contributed by atoms with Crippen molar-refractivity contribution in [1.29, 1.82) is 0 Å². The predicted molar refractivity (Wildman–Crippen MR) is 105 cm³/mol. The average molecular weight is 381 g/mol. The summed E-state index contributed by atoms with van der Waals surface area (Å²) in [7, 11) is 0. The van der Waals surface area contributed by atoms with Crippen LogP contribution < -0.4 is 10.1 Å². The fourth-order valence-corrected chi connectivity index (χ4v) is 4.06. The first-order valence-corrected chi connectivity index (χ1v) is 9.57. The van der Waals surface area contributed by atoms with Crippen molar-refractivity contribution >= 4 is 38.5 Å². The molecule has 0 radical (unpaired) electrons. The SMILES string of the molecule is CCOc1ncnc2sc(C(=O)NCCc3nc4ccccc4[nH]3)c(C)c12. The number of carbonyl (C=O) groups is 1. The third kappa shape index (κ3) is 3.35. The number of H-pyrrole nitrogens is 1. The molecule has 1 aromatic carbocycles. The summed E-state index contributed by atoms with van der Waals surface area (Å²) < 4.78 is 5.57. The minimum atomic E-state index is -0.117. The number of rotatable bonds is 6. The first-order chi connectivity index (χ1) is 13.2. The van der Waals surface area contributed by atoms with Gasteiger partial charge in [0.15, 0.2) is 0 Å².